The number of nitrogens with zero attached hydrogens (tertiary/aromatic N) is 2. The van der Waals surface area contributed by atoms with Crippen LogP contribution in [0.2, 0.25) is 0 Å². The molecule has 4 amide bonds. The highest BCUT2D eigenvalue weighted by atomic mass is 16.5. The van der Waals surface area contributed by atoms with Crippen LogP contribution in [0.3, 0.4) is 0 Å². The number of aryl methyl sites for hydroxylation is 1. The number of carboxylic acid groups (broad SMARTS) is 2. The molecule has 3 aromatic rings. The van der Waals surface area contributed by atoms with E-state index in [1.165, 1.54) is 31.3 Å². The lowest BCUT2D eigenvalue weighted by Crippen LogP contribution is -2.33. The van der Waals surface area contributed by atoms with E-state index >= 15 is 0 Å². The van der Waals surface area contributed by atoms with Crippen LogP contribution in [0.25, 0.3) is 0 Å². The van der Waals surface area contributed by atoms with Crippen molar-refractivity contribution in [1.82, 2.24) is 9.88 Å². The topological polar surface area (TPSA) is 187 Å². The number of ether oxygens (including phenoxy) is 1. The van der Waals surface area contributed by atoms with Crippen molar-refractivity contribution in [1.29, 1.82) is 0 Å². The number of benzene rings is 2. The summed E-state index contributed by atoms with van der Waals surface area (Å²) in [7, 11) is 2.90. The Morgan fingerprint density at radius 3 is 2.27 bits per heavy atom. The lowest BCUT2D eigenvalue weighted by Gasteiger charge is -2.27. The third-order valence-corrected chi connectivity index (χ3v) is 6.69. The van der Waals surface area contributed by atoms with Crippen LogP contribution in [0.5, 0.6) is 5.75 Å². The second-order valence-corrected chi connectivity index (χ2v) is 9.99. The van der Waals surface area contributed by atoms with E-state index in [-0.39, 0.29) is 31.6 Å². The number of para-hydroxylation sites is 1. The first-order chi connectivity index (χ1) is 21.0. The fraction of sp³-hybridized carbons (Fsp3) is 0.290. The van der Waals surface area contributed by atoms with Crippen molar-refractivity contribution in [3.63, 3.8) is 0 Å². The largest absolute Gasteiger partial charge is 0.495 e. The number of urea groups is 1. The zero-order chi connectivity index (χ0) is 32.2. The molecule has 0 aliphatic heterocycles. The van der Waals surface area contributed by atoms with Gasteiger partial charge in [-0.1, -0.05) is 24.3 Å². The van der Waals surface area contributed by atoms with Crippen LogP contribution in [-0.4, -0.2) is 64.0 Å². The predicted octanol–water partition coefficient (Wildman–Crippen LogP) is 4.45. The molecule has 1 heterocycles. The molecule has 0 saturated carbocycles. The molecule has 5 N–H and O–H groups in total. The summed E-state index contributed by atoms with van der Waals surface area (Å²) >= 11 is 0. The van der Waals surface area contributed by atoms with Crippen LogP contribution in [0.15, 0.2) is 60.8 Å². The van der Waals surface area contributed by atoms with Gasteiger partial charge in [-0.3, -0.25) is 24.2 Å². The first-order valence-electron chi connectivity index (χ1n) is 13.7. The van der Waals surface area contributed by atoms with Crippen molar-refractivity contribution in [3.8, 4) is 5.75 Å². The average Bonchev–Trinajstić information content (AvgIpc) is 2.97. The van der Waals surface area contributed by atoms with Crippen LogP contribution < -0.4 is 20.7 Å². The molecule has 2 aromatic carbocycles. The van der Waals surface area contributed by atoms with Crippen LogP contribution in [0.1, 0.15) is 48.5 Å². The first kappa shape index (κ1) is 33.0. The monoisotopic (exact) mass is 605 g/mol. The molecule has 232 valence electrons. The van der Waals surface area contributed by atoms with Gasteiger partial charge in [-0.25, -0.2) is 4.79 Å². The Hall–Kier alpha value is -5.46. The number of nitrogens with one attached hydrogen (secondary N) is 3. The molecule has 44 heavy (non-hydrogen) atoms. The van der Waals surface area contributed by atoms with Gasteiger partial charge >= 0.3 is 18.0 Å². The van der Waals surface area contributed by atoms with E-state index < -0.39 is 36.3 Å². The Kier molecular flexibility index (Phi) is 11.8. The Labute approximate surface area is 254 Å². The lowest BCUT2D eigenvalue weighted by molar-refractivity contribution is -0.140. The van der Waals surface area contributed by atoms with Gasteiger partial charge < -0.3 is 35.8 Å². The van der Waals surface area contributed by atoms with Crippen molar-refractivity contribution >= 4 is 46.8 Å². The lowest BCUT2D eigenvalue weighted by atomic mass is 10.1. The zero-order valence-electron chi connectivity index (χ0n) is 24.6. The molecule has 0 aliphatic carbocycles. The minimum atomic E-state index is -1.14. The number of amides is 4. The van der Waals surface area contributed by atoms with E-state index in [1.54, 1.807) is 30.3 Å². The molecular weight excluding hydrogens is 570 g/mol. The summed E-state index contributed by atoms with van der Waals surface area (Å²) in [5.41, 5.74) is 3.29. The minimum Gasteiger partial charge on any atom is -0.495 e. The maximum absolute atomic E-state index is 12.8. The van der Waals surface area contributed by atoms with Crippen molar-refractivity contribution in [2.24, 2.45) is 0 Å². The molecule has 0 radical (unpaired) electrons. The van der Waals surface area contributed by atoms with Crippen LogP contribution >= 0.6 is 0 Å². The van der Waals surface area contributed by atoms with Crippen molar-refractivity contribution in [3.05, 3.63) is 77.6 Å². The van der Waals surface area contributed by atoms with Gasteiger partial charge in [0.15, 0.2) is 0 Å². The van der Waals surface area contributed by atoms with E-state index in [2.05, 4.69) is 20.9 Å². The smallest absolute Gasteiger partial charge is 0.323 e. The molecule has 0 saturated heterocycles. The summed E-state index contributed by atoms with van der Waals surface area (Å²) in [6, 6.07) is 14.1. The van der Waals surface area contributed by atoms with Gasteiger partial charge in [0.05, 0.1) is 49.3 Å². The van der Waals surface area contributed by atoms with Gasteiger partial charge in [-0.15, -0.1) is 0 Å². The number of methoxy groups -OCH3 is 1. The van der Waals surface area contributed by atoms with E-state index in [0.717, 1.165) is 5.56 Å². The highest BCUT2D eigenvalue weighted by Gasteiger charge is 2.25. The van der Waals surface area contributed by atoms with Crippen LogP contribution in [0.4, 0.5) is 21.9 Å². The average molecular weight is 606 g/mol. The standard InChI is InChI=1S/C31H35N5O8/c1-19-7-4-5-8-22(19)34-31(43)35-24-13-11-20(15-26(24)44-3)16-27(37)33-21-12-14-23(32-18-21)25(17-30(41)42)36(2)28(38)9-6-10-29(39)40/h4-5,7-8,11-15,18,25H,6,9-10,16-17H2,1-3H3,(H,33,37)(H,39,40)(H,41,42)(H2,34,35,43). The van der Waals surface area contributed by atoms with Crippen molar-refractivity contribution in [2.75, 3.05) is 30.1 Å². The Morgan fingerprint density at radius 1 is 0.909 bits per heavy atom. The highest BCUT2D eigenvalue weighted by molar-refractivity contribution is 6.01. The van der Waals surface area contributed by atoms with Crippen molar-refractivity contribution < 1.29 is 38.9 Å². The quantitative estimate of drug-likeness (QED) is 0.177. The Balaban J connectivity index is 1.61. The van der Waals surface area contributed by atoms with Gasteiger partial charge in [0, 0.05) is 25.6 Å². The summed E-state index contributed by atoms with van der Waals surface area (Å²) in [6.45, 7) is 1.88. The number of anilines is 3. The van der Waals surface area contributed by atoms with E-state index in [1.807, 2.05) is 25.1 Å². The SMILES string of the molecule is COc1cc(CC(=O)Nc2ccc(C(CC(=O)O)N(C)C(=O)CCCC(=O)O)nc2)ccc1NC(=O)Nc1ccccc1C. The summed E-state index contributed by atoms with van der Waals surface area (Å²) in [4.78, 5) is 65.5. The second kappa shape index (κ2) is 15.7. The molecule has 1 atom stereocenters. The molecule has 13 heteroatoms. The summed E-state index contributed by atoms with van der Waals surface area (Å²) in [5.74, 6) is -2.54. The number of rotatable bonds is 14. The van der Waals surface area contributed by atoms with Gasteiger partial charge in [0.2, 0.25) is 11.8 Å². The molecule has 3 rings (SSSR count). The summed E-state index contributed by atoms with van der Waals surface area (Å²) in [5, 5.41) is 26.4. The van der Waals surface area contributed by atoms with Crippen LogP contribution in [0, 0.1) is 6.92 Å². The predicted molar refractivity (Wildman–Crippen MR) is 163 cm³/mol. The van der Waals surface area contributed by atoms with Gasteiger partial charge in [-0.2, -0.15) is 0 Å². The number of hydrogen-bond acceptors (Lipinski definition) is 7. The number of aliphatic carboxylic acids is 2. The Bertz CT molecular complexity index is 1510. The van der Waals surface area contributed by atoms with E-state index in [0.29, 0.717) is 34.1 Å². The third-order valence-electron chi connectivity index (χ3n) is 6.69. The maximum Gasteiger partial charge on any atom is 0.323 e. The van der Waals surface area contributed by atoms with Gasteiger partial charge in [0.1, 0.15) is 5.75 Å². The molecule has 1 unspecified atom stereocenters. The Morgan fingerprint density at radius 2 is 1.64 bits per heavy atom. The fourth-order valence-corrected chi connectivity index (χ4v) is 4.35. The first-order valence-corrected chi connectivity index (χ1v) is 13.7. The summed E-state index contributed by atoms with van der Waals surface area (Å²) in [6.07, 6.45) is 0.866. The van der Waals surface area contributed by atoms with E-state index in [9.17, 15) is 29.1 Å². The molecule has 13 nitrogen and oxygen atoms in total. The molecule has 0 aliphatic rings. The number of pyridine rings is 1. The van der Waals surface area contributed by atoms with Crippen LogP contribution in [-0.2, 0) is 25.6 Å². The number of carboxylic acids is 2. The second-order valence-electron chi connectivity index (χ2n) is 9.99. The van der Waals surface area contributed by atoms with E-state index in [4.69, 9.17) is 9.84 Å². The number of aromatic nitrogens is 1. The maximum atomic E-state index is 12.8. The fourth-order valence-electron chi connectivity index (χ4n) is 4.35. The molecule has 1 aromatic heterocycles. The normalized spacial score (nSPS) is 11.2. The van der Waals surface area contributed by atoms with Gasteiger partial charge in [0.25, 0.3) is 0 Å². The number of carbonyl (C=O) groups excluding carboxylic acids is 3. The number of carbonyl (C=O) groups is 5. The molecule has 0 spiro atoms. The molecule has 0 fully saturated rings. The third kappa shape index (κ3) is 9.82. The number of hydrogen-bond donors (Lipinski definition) is 5. The zero-order valence-corrected chi connectivity index (χ0v) is 24.6. The summed E-state index contributed by atoms with van der Waals surface area (Å²) < 4.78 is 5.41. The van der Waals surface area contributed by atoms with Crippen molar-refractivity contribution in [2.45, 2.75) is 45.1 Å². The molecule has 0 bridgehead atoms. The highest BCUT2D eigenvalue weighted by Crippen LogP contribution is 2.27. The van der Waals surface area contributed by atoms with Gasteiger partial charge in [-0.05, 0) is 54.8 Å². The minimum absolute atomic E-state index is 0.0109. The molecular formula is C31H35N5O8.